The van der Waals surface area contributed by atoms with Crippen LogP contribution in [0.15, 0.2) is 75.4 Å². The fraction of sp³-hybridized carbons (Fsp3) is 0.355. The second-order valence-electron chi connectivity index (χ2n) is 10.9. The smallest absolute Gasteiger partial charge is 0.168 e. The van der Waals surface area contributed by atoms with Gasteiger partial charge in [0.15, 0.2) is 11.6 Å². The number of methoxy groups -OCH3 is 1. The first-order valence-electron chi connectivity index (χ1n) is 13.0. The van der Waals surface area contributed by atoms with Crippen LogP contribution in [0, 0.1) is 5.41 Å². The minimum atomic E-state index is -0.166. The highest BCUT2D eigenvalue weighted by Gasteiger charge is 2.37. The molecule has 0 saturated heterocycles. The number of allylic oxidation sites excluding steroid dienone is 2. The predicted octanol–water partition coefficient (Wildman–Crippen LogP) is 6.50. The van der Waals surface area contributed by atoms with E-state index in [9.17, 15) is 14.7 Å². The topological polar surface area (TPSA) is 102 Å². The first kappa shape index (κ1) is 25.6. The van der Waals surface area contributed by atoms with Crippen molar-refractivity contribution in [1.29, 1.82) is 0 Å². The number of ketones is 2. The summed E-state index contributed by atoms with van der Waals surface area (Å²) in [5.41, 5.74) is 3.40. The maximum Gasteiger partial charge on any atom is 0.168 e. The van der Waals surface area contributed by atoms with Crippen LogP contribution in [0.5, 0.6) is 5.75 Å². The summed E-state index contributed by atoms with van der Waals surface area (Å²) < 4.78 is 10.8. The number of hydrogen-bond donors (Lipinski definition) is 1. The number of ether oxygens (including phenoxy) is 1. The van der Waals surface area contributed by atoms with E-state index in [1.165, 1.54) is 0 Å². The number of aliphatic imine (C=N–C) groups is 1. The van der Waals surface area contributed by atoms with Gasteiger partial charge < -0.3 is 14.4 Å². The van der Waals surface area contributed by atoms with Crippen LogP contribution >= 0.6 is 0 Å². The van der Waals surface area contributed by atoms with Crippen molar-refractivity contribution in [3.05, 3.63) is 88.5 Å². The third-order valence-electron chi connectivity index (χ3n) is 7.31. The van der Waals surface area contributed by atoms with Gasteiger partial charge in [-0.15, -0.1) is 0 Å². The highest BCUT2D eigenvalue weighted by molar-refractivity contribution is 6.25. The van der Waals surface area contributed by atoms with Crippen LogP contribution in [0.4, 0.5) is 5.69 Å². The Balaban J connectivity index is 1.46. The van der Waals surface area contributed by atoms with Gasteiger partial charge in [0.1, 0.15) is 17.3 Å². The van der Waals surface area contributed by atoms with Crippen molar-refractivity contribution in [3.8, 4) is 5.75 Å². The number of hydrogen-bond acceptors (Lipinski definition) is 7. The number of Topliss-reactive ketones (excluding diaryl/α,β-unsaturated/α-hetero) is 2. The van der Waals surface area contributed by atoms with Gasteiger partial charge in [0.25, 0.3) is 0 Å². The summed E-state index contributed by atoms with van der Waals surface area (Å²) in [5.74, 6) is 1.06. The Kier molecular flexibility index (Phi) is 7.02. The van der Waals surface area contributed by atoms with Crippen molar-refractivity contribution in [2.45, 2.75) is 58.3 Å². The normalized spacial score (nSPS) is 21.3. The van der Waals surface area contributed by atoms with Crippen molar-refractivity contribution < 1.29 is 24.0 Å². The minimum absolute atomic E-state index is 0.0133. The number of aromatic nitrogens is 1. The lowest BCUT2D eigenvalue weighted by atomic mass is 9.76. The van der Waals surface area contributed by atoms with Gasteiger partial charge >= 0.3 is 0 Å². The van der Waals surface area contributed by atoms with Gasteiger partial charge in [-0.25, -0.2) is 0 Å². The third kappa shape index (κ3) is 5.32. The summed E-state index contributed by atoms with van der Waals surface area (Å²) in [6, 6.07) is 17.2. The van der Waals surface area contributed by atoms with Crippen LogP contribution in [0.2, 0.25) is 0 Å². The molecule has 1 heterocycles. The molecule has 1 aromatic heterocycles. The summed E-state index contributed by atoms with van der Waals surface area (Å²) in [5, 5.41) is 15.4. The summed E-state index contributed by atoms with van der Waals surface area (Å²) in [6.45, 7) is 4.07. The number of carbonyl (C=O) groups is 2. The van der Waals surface area contributed by atoms with Gasteiger partial charge in [-0.2, -0.15) is 0 Å². The van der Waals surface area contributed by atoms with Crippen LogP contribution in [0.1, 0.15) is 72.8 Å². The average molecular weight is 513 g/mol. The zero-order valence-corrected chi connectivity index (χ0v) is 22.0. The Bertz CT molecular complexity index is 1430. The predicted molar refractivity (Wildman–Crippen MR) is 144 cm³/mol. The first-order valence-corrected chi connectivity index (χ1v) is 13.0. The third-order valence-corrected chi connectivity index (χ3v) is 7.31. The molecule has 38 heavy (non-hydrogen) atoms. The monoisotopic (exact) mass is 512 g/mol. The number of carbonyl (C=O) groups excluding carboxylic acids is 2. The SMILES string of the molecule is COc1cccc(N=C2CC(c3ccccc3)CC(=O)C2=C(O)CCc2noc3c2C(=O)CC(C)(C)C3)c1. The molecule has 1 atom stereocenters. The number of aliphatic hydroxyl groups excluding tert-OH is 1. The minimum Gasteiger partial charge on any atom is -0.511 e. The molecule has 0 amide bonds. The lowest BCUT2D eigenvalue weighted by molar-refractivity contribution is -0.116. The van der Waals surface area contributed by atoms with E-state index in [2.05, 4.69) is 5.16 Å². The Morgan fingerprint density at radius 3 is 2.63 bits per heavy atom. The van der Waals surface area contributed by atoms with Crippen LogP contribution < -0.4 is 4.74 Å². The molecule has 7 heteroatoms. The van der Waals surface area contributed by atoms with E-state index in [-0.39, 0.29) is 47.1 Å². The number of nitrogens with zero attached hydrogens (tertiary/aromatic N) is 2. The maximum absolute atomic E-state index is 13.4. The Hall–Kier alpha value is -4.00. The molecule has 1 fully saturated rings. The molecule has 7 nitrogen and oxygen atoms in total. The van der Waals surface area contributed by atoms with Crippen molar-refractivity contribution in [2.24, 2.45) is 10.4 Å². The lowest BCUT2D eigenvalue weighted by Gasteiger charge is -2.27. The largest absolute Gasteiger partial charge is 0.511 e. The van der Waals surface area contributed by atoms with E-state index in [1.54, 1.807) is 13.2 Å². The second-order valence-corrected chi connectivity index (χ2v) is 10.9. The fourth-order valence-corrected chi connectivity index (χ4v) is 5.47. The molecule has 0 aliphatic heterocycles. The summed E-state index contributed by atoms with van der Waals surface area (Å²) in [7, 11) is 1.59. The molecule has 0 spiro atoms. The zero-order valence-electron chi connectivity index (χ0n) is 22.0. The van der Waals surface area contributed by atoms with Gasteiger partial charge in [-0.1, -0.05) is 55.4 Å². The lowest BCUT2D eigenvalue weighted by Crippen LogP contribution is -2.27. The van der Waals surface area contributed by atoms with Crippen molar-refractivity contribution in [1.82, 2.24) is 5.16 Å². The highest BCUT2D eigenvalue weighted by Crippen LogP contribution is 2.38. The Labute approximate surface area is 222 Å². The first-order chi connectivity index (χ1) is 18.2. The molecule has 5 rings (SSSR count). The molecule has 0 bridgehead atoms. The molecule has 1 saturated carbocycles. The van der Waals surface area contributed by atoms with E-state index in [4.69, 9.17) is 14.3 Å². The summed E-state index contributed by atoms with van der Waals surface area (Å²) >= 11 is 0. The number of aliphatic hydroxyl groups is 1. The average Bonchev–Trinajstić information content (AvgIpc) is 3.29. The molecular weight excluding hydrogens is 480 g/mol. The molecular formula is C31H32N2O5. The van der Waals surface area contributed by atoms with Crippen LogP contribution in [-0.4, -0.2) is 34.7 Å². The van der Waals surface area contributed by atoms with Crippen molar-refractivity contribution in [2.75, 3.05) is 7.11 Å². The molecule has 2 aliphatic rings. The van der Waals surface area contributed by atoms with Crippen molar-refractivity contribution >= 4 is 23.0 Å². The summed E-state index contributed by atoms with van der Waals surface area (Å²) in [6.07, 6.45) is 2.32. The van der Waals surface area contributed by atoms with Gasteiger partial charge in [-0.05, 0) is 35.4 Å². The van der Waals surface area contributed by atoms with Crippen LogP contribution in [0.3, 0.4) is 0 Å². The number of rotatable bonds is 6. The van der Waals surface area contributed by atoms with Crippen LogP contribution in [0.25, 0.3) is 0 Å². The fourth-order valence-electron chi connectivity index (χ4n) is 5.47. The van der Waals surface area contributed by atoms with Crippen molar-refractivity contribution in [3.63, 3.8) is 0 Å². The molecule has 0 radical (unpaired) electrons. The maximum atomic E-state index is 13.4. The number of benzene rings is 2. The van der Waals surface area contributed by atoms with Gasteiger partial charge in [0.2, 0.25) is 0 Å². The quantitative estimate of drug-likeness (QED) is 0.299. The van der Waals surface area contributed by atoms with Gasteiger partial charge in [0, 0.05) is 38.2 Å². The van der Waals surface area contributed by atoms with E-state index in [0.29, 0.717) is 59.8 Å². The molecule has 196 valence electrons. The van der Waals surface area contributed by atoms with E-state index in [0.717, 1.165) is 5.56 Å². The van der Waals surface area contributed by atoms with E-state index >= 15 is 0 Å². The van der Waals surface area contributed by atoms with Crippen LogP contribution in [-0.2, 0) is 17.6 Å². The highest BCUT2D eigenvalue weighted by atomic mass is 16.5. The second kappa shape index (κ2) is 10.4. The number of fused-ring (bicyclic) bond motifs is 1. The number of aryl methyl sites for hydroxylation is 1. The molecule has 1 N–H and O–H groups in total. The molecule has 3 aromatic rings. The Morgan fingerprint density at radius 1 is 1.08 bits per heavy atom. The summed E-state index contributed by atoms with van der Waals surface area (Å²) in [4.78, 5) is 31.1. The zero-order chi connectivity index (χ0) is 26.9. The molecule has 2 aromatic carbocycles. The molecule has 2 aliphatic carbocycles. The molecule has 1 unspecified atom stereocenters. The van der Waals surface area contributed by atoms with E-state index in [1.807, 2.05) is 62.4 Å². The van der Waals surface area contributed by atoms with Gasteiger partial charge in [-0.3, -0.25) is 14.6 Å². The van der Waals surface area contributed by atoms with Gasteiger partial charge in [0.05, 0.1) is 35.3 Å². The standard InChI is InChI=1S/C31H32N2O5/c1-31(2)17-27(36)30-23(33-38-28(30)18-31)12-13-25(34)29-24(32-21-10-7-11-22(16-21)37-3)14-20(15-26(29)35)19-8-5-4-6-9-19/h4-11,16,20,34H,12-15,17-18H2,1-3H3. The van der Waals surface area contributed by atoms with E-state index < -0.39 is 0 Å². The Morgan fingerprint density at radius 2 is 1.87 bits per heavy atom.